The first-order valence-corrected chi connectivity index (χ1v) is 15.9. The second kappa shape index (κ2) is 16.9. The highest BCUT2D eigenvalue weighted by atomic mass is 32.1. The molecule has 226 valence electrons. The topological polar surface area (TPSA) is 87.7 Å². The van der Waals surface area contributed by atoms with Gasteiger partial charge in [0.15, 0.2) is 0 Å². The normalized spacial score (nSPS) is 15.7. The van der Waals surface area contributed by atoms with Crippen molar-refractivity contribution in [3.05, 3.63) is 34.9 Å². The lowest BCUT2D eigenvalue weighted by atomic mass is 9.94. The quantitative estimate of drug-likeness (QED) is 0.168. The third kappa shape index (κ3) is 11.3. The molecule has 0 saturated heterocycles. The molecule has 0 aliphatic heterocycles. The summed E-state index contributed by atoms with van der Waals surface area (Å²) in [6, 6.07) is 4.36. The number of alkyl carbamates (subject to hydrolysis) is 1. The molecule has 7 nitrogen and oxygen atoms in total. The number of benzene rings is 1. The van der Waals surface area contributed by atoms with Crippen molar-refractivity contribution in [3.63, 3.8) is 0 Å². The van der Waals surface area contributed by atoms with Gasteiger partial charge < -0.3 is 20.3 Å². The van der Waals surface area contributed by atoms with Crippen LogP contribution in [0.15, 0.2) is 18.2 Å². The Morgan fingerprint density at radius 2 is 1.65 bits per heavy atom. The number of unbranched alkanes of at least 4 members (excludes halogenated alkanes) is 5. The Balaban J connectivity index is 2.40. The summed E-state index contributed by atoms with van der Waals surface area (Å²) in [5.74, 6) is -0.393. The highest BCUT2D eigenvalue weighted by Crippen LogP contribution is 2.27. The highest BCUT2D eigenvalue weighted by Gasteiger charge is 2.36. The largest absolute Gasteiger partial charge is 0.444 e. The van der Waals surface area contributed by atoms with E-state index in [0.717, 1.165) is 68.1 Å². The zero-order chi connectivity index (χ0) is 29.7. The van der Waals surface area contributed by atoms with E-state index < -0.39 is 23.8 Å². The van der Waals surface area contributed by atoms with Crippen molar-refractivity contribution >= 4 is 30.5 Å². The van der Waals surface area contributed by atoms with E-state index in [1.54, 1.807) is 25.7 Å². The van der Waals surface area contributed by atoms with Gasteiger partial charge in [-0.15, -0.1) is 0 Å². The smallest absolute Gasteiger partial charge is 0.408 e. The van der Waals surface area contributed by atoms with Gasteiger partial charge in [-0.25, -0.2) is 4.79 Å². The van der Waals surface area contributed by atoms with E-state index in [0.29, 0.717) is 6.54 Å². The molecule has 0 bridgehead atoms. The van der Waals surface area contributed by atoms with Gasteiger partial charge >= 0.3 is 6.09 Å². The van der Waals surface area contributed by atoms with Gasteiger partial charge in [0.2, 0.25) is 11.8 Å². The van der Waals surface area contributed by atoms with Gasteiger partial charge in [0.05, 0.1) is 0 Å². The molecular weight excluding hydrogens is 522 g/mol. The Bertz CT molecular complexity index is 956. The molecule has 0 radical (unpaired) electrons. The summed E-state index contributed by atoms with van der Waals surface area (Å²) < 4.78 is 5.42. The minimum atomic E-state index is -0.921. The fraction of sp³-hybridized carbons (Fsp3) is 0.719. The fourth-order valence-electron chi connectivity index (χ4n) is 5.20. The van der Waals surface area contributed by atoms with Crippen molar-refractivity contribution in [3.8, 4) is 0 Å². The number of carbonyl (C=O) groups is 3. The zero-order valence-electron chi connectivity index (χ0n) is 25.7. The molecule has 0 heterocycles. The second-order valence-electron chi connectivity index (χ2n) is 12.3. The van der Waals surface area contributed by atoms with Crippen LogP contribution < -0.4 is 10.6 Å². The van der Waals surface area contributed by atoms with Crippen LogP contribution in [-0.4, -0.2) is 52.8 Å². The van der Waals surface area contributed by atoms with E-state index in [9.17, 15) is 14.4 Å². The second-order valence-corrected chi connectivity index (χ2v) is 12.6. The van der Waals surface area contributed by atoms with Crippen LogP contribution in [0.5, 0.6) is 0 Å². The Labute approximate surface area is 248 Å². The first-order valence-electron chi connectivity index (χ1n) is 15.2. The summed E-state index contributed by atoms with van der Waals surface area (Å²) in [7, 11) is 0. The minimum absolute atomic E-state index is 0.0922. The van der Waals surface area contributed by atoms with E-state index in [1.807, 2.05) is 32.0 Å². The Kier molecular flexibility index (Phi) is 14.4. The van der Waals surface area contributed by atoms with E-state index >= 15 is 0 Å². The number of nitrogens with zero attached hydrogens (tertiary/aromatic N) is 1. The molecule has 1 aliphatic rings. The Morgan fingerprint density at radius 1 is 1.00 bits per heavy atom. The summed E-state index contributed by atoms with van der Waals surface area (Å²) in [5, 5.41) is 5.98. The monoisotopic (exact) mass is 575 g/mol. The van der Waals surface area contributed by atoms with Crippen LogP contribution in [0.1, 0.15) is 121 Å². The van der Waals surface area contributed by atoms with Crippen molar-refractivity contribution < 1.29 is 19.1 Å². The molecule has 1 fully saturated rings. The summed E-state index contributed by atoms with van der Waals surface area (Å²) in [6.45, 7) is 12.0. The van der Waals surface area contributed by atoms with E-state index in [4.69, 9.17) is 4.74 Å². The lowest BCUT2D eigenvalue weighted by Gasteiger charge is -2.35. The third-order valence-corrected chi connectivity index (χ3v) is 7.93. The predicted octanol–water partition coefficient (Wildman–Crippen LogP) is 6.81. The molecule has 8 heteroatoms. The molecule has 2 rings (SSSR count). The number of aryl methyl sites for hydroxylation is 2. The molecular formula is C32H53N3O4S. The van der Waals surface area contributed by atoms with Crippen molar-refractivity contribution in [2.45, 2.75) is 136 Å². The van der Waals surface area contributed by atoms with Gasteiger partial charge in [-0.1, -0.05) is 76.5 Å². The lowest BCUT2D eigenvalue weighted by molar-refractivity contribution is -0.142. The van der Waals surface area contributed by atoms with Crippen LogP contribution in [-0.2, 0) is 14.3 Å². The van der Waals surface area contributed by atoms with Crippen LogP contribution >= 0.6 is 12.6 Å². The summed E-state index contributed by atoms with van der Waals surface area (Å²) in [5.41, 5.74) is 2.28. The molecule has 2 atom stereocenters. The van der Waals surface area contributed by atoms with Crippen LogP contribution in [0, 0.1) is 13.8 Å². The van der Waals surface area contributed by atoms with Gasteiger partial charge in [0, 0.05) is 18.3 Å². The lowest BCUT2D eigenvalue weighted by Crippen LogP contribution is -2.54. The number of ether oxygens (including phenoxy) is 1. The van der Waals surface area contributed by atoms with Crippen molar-refractivity contribution in [2.75, 3.05) is 12.3 Å². The van der Waals surface area contributed by atoms with Gasteiger partial charge in [0.25, 0.3) is 0 Å². The van der Waals surface area contributed by atoms with E-state index in [1.165, 1.54) is 19.3 Å². The van der Waals surface area contributed by atoms with Gasteiger partial charge in [-0.2, -0.15) is 12.6 Å². The number of amides is 3. The average molecular weight is 576 g/mol. The van der Waals surface area contributed by atoms with E-state index in [2.05, 4.69) is 30.2 Å². The van der Waals surface area contributed by atoms with Crippen LogP contribution in [0.3, 0.4) is 0 Å². The van der Waals surface area contributed by atoms with Crippen LogP contribution in [0.25, 0.3) is 0 Å². The third-order valence-electron chi connectivity index (χ3n) is 7.57. The number of hydrogen-bond acceptors (Lipinski definition) is 5. The Hall–Kier alpha value is -2.22. The molecule has 1 aliphatic carbocycles. The van der Waals surface area contributed by atoms with Gasteiger partial charge in [-0.3, -0.25) is 9.59 Å². The Morgan fingerprint density at radius 3 is 2.25 bits per heavy atom. The van der Waals surface area contributed by atoms with Crippen molar-refractivity contribution in [1.82, 2.24) is 15.5 Å². The zero-order valence-corrected chi connectivity index (χ0v) is 26.6. The molecule has 2 unspecified atom stereocenters. The summed E-state index contributed by atoms with van der Waals surface area (Å²) in [4.78, 5) is 42.4. The molecule has 0 aromatic heterocycles. The molecule has 1 aromatic carbocycles. The van der Waals surface area contributed by atoms with Crippen LogP contribution in [0.2, 0.25) is 0 Å². The average Bonchev–Trinajstić information content (AvgIpc) is 2.89. The number of carbonyl (C=O) groups excluding carboxylic acids is 3. The highest BCUT2D eigenvalue weighted by molar-refractivity contribution is 7.80. The maximum Gasteiger partial charge on any atom is 0.408 e. The molecule has 40 heavy (non-hydrogen) atoms. The fourth-order valence-corrected chi connectivity index (χ4v) is 5.45. The number of hydrogen-bond donors (Lipinski definition) is 3. The van der Waals surface area contributed by atoms with Crippen molar-refractivity contribution in [1.29, 1.82) is 0 Å². The maximum absolute atomic E-state index is 14.1. The summed E-state index contributed by atoms with van der Waals surface area (Å²) >= 11 is 4.41. The maximum atomic E-state index is 14.1. The molecule has 0 spiro atoms. The first-order chi connectivity index (χ1) is 19.0. The molecule has 1 aromatic rings. The minimum Gasteiger partial charge on any atom is -0.444 e. The molecule has 2 N–H and O–H groups in total. The SMILES string of the molecule is CCCCCCCCN(C(=O)C(CS)NC(=O)OC(C)(C)C)C(C(=O)NC1CCCCC1)c1ccc(C)c(C)c1. The van der Waals surface area contributed by atoms with Gasteiger partial charge in [0.1, 0.15) is 17.7 Å². The first kappa shape index (κ1) is 34.0. The van der Waals surface area contributed by atoms with Gasteiger partial charge in [-0.05, 0) is 70.6 Å². The van der Waals surface area contributed by atoms with Crippen molar-refractivity contribution in [2.24, 2.45) is 0 Å². The summed E-state index contributed by atoms with van der Waals surface area (Å²) in [6.07, 6.45) is 11.0. The standard InChI is InChI=1S/C32H53N3O4S/c1-7-8-9-10-11-15-20-35(30(37)27(22-40)34-31(38)39-32(4,5)6)28(25-19-18-23(2)24(3)21-25)29(36)33-26-16-13-12-14-17-26/h18-19,21,26-28,40H,7-17,20,22H2,1-6H3,(H,33,36)(H,34,38). The number of thiol groups is 1. The molecule has 3 amide bonds. The molecule has 1 saturated carbocycles. The number of nitrogens with one attached hydrogen (secondary N) is 2. The predicted molar refractivity (Wildman–Crippen MR) is 166 cm³/mol. The van der Waals surface area contributed by atoms with Crippen LogP contribution in [0.4, 0.5) is 4.79 Å². The van der Waals surface area contributed by atoms with E-state index in [-0.39, 0.29) is 23.6 Å². The number of rotatable bonds is 14.